The van der Waals surface area contributed by atoms with Crippen LogP contribution in [0.4, 0.5) is 5.69 Å². The zero-order chi connectivity index (χ0) is 18.4. The van der Waals surface area contributed by atoms with E-state index in [0.717, 1.165) is 28.8 Å². The van der Waals surface area contributed by atoms with Crippen LogP contribution in [0.2, 0.25) is 0 Å². The Kier molecular flexibility index (Phi) is 6.34. The molecule has 0 heterocycles. The van der Waals surface area contributed by atoms with Gasteiger partial charge in [-0.25, -0.2) is 4.79 Å². The van der Waals surface area contributed by atoms with Crippen LogP contribution in [0.3, 0.4) is 0 Å². The minimum atomic E-state index is -0.687. The summed E-state index contributed by atoms with van der Waals surface area (Å²) in [6.45, 7) is 5.71. The van der Waals surface area contributed by atoms with E-state index >= 15 is 0 Å². The van der Waals surface area contributed by atoms with E-state index in [9.17, 15) is 9.59 Å². The summed E-state index contributed by atoms with van der Waals surface area (Å²) in [4.78, 5) is 26.9. The van der Waals surface area contributed by atoms with Gasteiger partial charge in [-0.2, -0.15) is 0 Å². The van der Waals surface area contributed by atoms with Gasteiger partial charge in [0, 0.05) is 0 Å². The van der Waals surface area contributed by atoms with E-state index in [1.807, 2.05) is 62.4 Å². The van der Waals surface area contributed by atoms with Crippen LogP contribution < -0.4 is 4.90 Å². The molecule has 0 saturated heterocycles. The third-order valence-electron chi connectivity index (χ3n) is 4.34. The van der Waals surface area contributed by atoms with Crippen molar-refractivity contribution < 1.29 is 14.3 Å². The average molecular weight is 339 g/mol. The maximum atomic E-state index is 13.1. The minimum absolute atomic E-state index is 0.117. The van der Waals surface area contributed by atoms with Crippen molar-refractivity contribution in [1.29, 1.82) is 0 Å². The Balaban J connectivity index is 2.47. The van der Waals surface area contributed by atoms with Crippen LogP contribution in [0.5, 0.6) is 0 Å². The van der Waals surface area contributed by atoms with E-state index in [1.165, 1.54) is 7.11 Å². The first kappa shape index (κ1) is 18.7. The Morgan fingerprint density at radius 1 is 1.08 bits per heavy atom. The Labute approximate surface area is 149 Å². The van der Waals surface area contributed by atoms with Gasteiger partial charge < -0.3 is 4.74 Å². The molecule has 0 aromatic heterocycles. The second kappa shape index (κ2) is 8.47. The van der Waals surface area contributed by atoms with Gasteiger partial charge in [-0.05, 0) is 37.0 Å². The normalized spacial score (nSPS) is 11.7. The smallest absolute Gasteiger partial charge is 0.328 e. The van der Waals surface area contributed by atoms with Gasteiger partial charge in [0.15, 0.2) is 0 Å². The topological polar surface area (TPSA) is 46.6 Å². The second-order valence-corrected chi connectivity index (χ2v) is 6.06. The fourth-order valence-electron chi connectivity index (χ4n) is 3.02. The van der Waals surface area contributed by atoms with E-state index in [-0.39, 0.29) is 12.3 Å². The molecule has 4 heteroatoms. The van der Waals surface area contributed by atoms with E-state index in [0.29, 0.717) is 0 Å². The summed E-state index contributed by atoms with van der Waals surface area (Å²) in [7, 11) is 1.34. The van der Waals surface area contributed by atoms with Gasteiger partial charge in [-0.1, -0.05) is 55.5 Å². The number of rotatable bonds is 6. The average Bonchev–Trinajstić information content (AvgIpc) is 2.63. The molecular formula is C21H25NO3. The number of methoxy groups -OCH3 is 1. The van der Waals surface area contributed by atoms with Crippen molar-refractivity contribution >= 4 is 17.6 Å². The van der Waals surface area contributed by atoms with Crippen LogP contribution in [0, 0.1) is 6.92 Å². The molecule has 132 valence electrons. The van der Waals surface area contributed by atoms with E-state index in [1.54, 1.807) is 11.8 Å². The number of anilines is 1. The predicted octanol–water partition coefficient (Wildman–Crippen LogP) is 3.69. The van der Waals surface area contributed by atoms with Gasteiger partial charge >= 0.3 is 5.97 Å². The molecule has 25 heavy (non-hydrogen) atoms. The monoisotopic (exact) mass is 339 g/mol. The SMILES string of the molecule is CCc1cccc(C)c1N(C(=O)Cc1ccccc1)C(C)C(=O)OC. The minimum Gasteiger partial charge on any atom is -0.467 e. The van der Waals surface area contributed by atoms with Gasteiger partial charge in [0.2, 0.25) is 5.91 Å². The number of carbonyl (C=O) groups excluding carboxylic acids is 2. The molecule has 1 unspecified atom stereocenters. The lowest BCUT2D eigenvalue weighted by molar-refractivity contribution is -0.143. The van der Waals surface area contributed by atoms with E-state index < -0.39 is 12.0 Å². The number of ether oxygens (including phenoxy) is 1. The number of nitrogens with zero attached hydrogens (tertiary/aromatic N) is 1. The Morgan fingerprint density at radius 2 is 1.76 bits per heavy atom. The number of aryl methyl sites for hydroxylation is 2. The highest BCUT2D eigenvalue weighted by molar-refractivity contribution is 6.01. The zero-order valence-electron chi connectivity index (χ0n) is 15.3. The summed E-state index contributed by atoms with van der Waals surface area (Å²) < 4.78 is 4.90. The summed E-state index contributed by atoms with van der Waals surface area (Å²) in [5.74, 6) is -0.542. The first-order chi connectivity index (χ1) is 12.0. The molecule has 0 bridgehead atoms. The van der Waals surface area contributed by atoms with Crippen LogP contribution >= 0.6 is 0 Å². The predicted molar refractivity (Wildman–Crippen MR) is 99.7 cm³/mol. The highest BCUT2D eigenvalue weighted by Gasteiger charge is 2.30. The summed E-state index contributed by atoms with van der Waals surface area (Å²) in [5.41, 5.74) is 3.73. The summed E-state index contributed by atoms with van der Waals surface area (Å²) in [5, 5.41) is 0. The lowest BCUT2D eigenvalue weighted by Crippen LogP contribution is -2.45. The Bertz CT molecular complexity index is 740. The van der Waals surface area contributed by atoms with Crippen molar-refractivity contribution in [3.05, 3.63) is 65.2 Å². The van der Waals surface area contributed by atoms with Gasteiger partial charge in [0.05, 0.1) is 19.2 Å². The molecule has 0 aliphatic heterocycles. The summed E-state index contributed by atoms with van der Waals surface area (Å²) in [6, 6.07) is 14.8. The molecule has 2 rings (SSSR count). The molecule has 0 N–H and O–H groups in total. The van der Waals surface area contributed by atoms with Crippen molar-refractivity contribution in [3.8, 4) is 0 Å². The molecular weight excluding hydrogens is 314 g/mol. The maximum Gasteiger partial charge on any atom is 0.328 e. The summed E-state index contributed by atoms with van der Waals surface area (Å²) in [6.07, 6.45) is 1.01. The molecule has 0 fully saturated rings. The van der Waals surface area contributed by atoms with Crippen LogP contribution in [-0.4, -0.2) is 25.0 Å². The van der Waals surface area contributed by atoms with E-state index in [4.69, 9.17) is 4.74 Å². The number of benzene rings is 2. The number of esters is 1. The maximum absolute atomic E-state index is 13.1. The quantitative estimate of drug-likeness (QED) is 0.754. The second-order valence-electron chi connectivity index (χ2n) is 6.06. The van der Waals surface area contributed by atoms with Crippen LogP contribution in [-0.2, 0) is 27.2 Å². The van der Waals surface area contributed by atoms with Crippen molar-refractivity contribution in [2.75, 3.05) is 12.0 Å². The molecule has 4 nitrogen and oxygen atoms in total. The third kappa shape index (κ3) is 4.27. The molecule has 0 aliphatic carbocycles. The highest BCUT2D eigenvalue weighted by atomic mass is 16.5. The first-order valence-electron chi connectivity index (χ1n) is 8.51. The molecule has 2 aromatic rings. The van der Waals surface area contributed by atoms with Gasteiger partial charge in [-0.3, -0.25) is 9.69 Å². The molecule has 1 atom stereocenters. The lowest BCUT2D eigenvalue weighted by Gasteiger charge is -2.31. The molecule has 0 spiro atoms. The van der Waals surface area contributed by atoms with Crippen molar-refractivity contribution in [2.45, 2.75) is 39.7 Å². The van der Waals surface area contributed by atoms with Crippen molar-refractivity contribution in [3.63, 3.8) is 0 Å². The number of para-hydroxylation sites is 1. The Hall–Kier alpha value is -2.62. The highest BCUT2D eigenvalue weighted by Crippen LogP contribution is 2.28. The zero-order valence-corrected chi connectivity index (χ0v) is 15.3. The third-order valence-corrected chi connectivity index (χ3v) is 4.34. The van der Waals surface area contributed by atoms with E-state index in [2.05, 4.69) is 0 Å². The molecule has 0 saturated carbocycles. The lowest BCUT2D eigenvalue weighted by atomic mass is 10.0. The van der Waals surface area contributed by atoms with Gasteiger partial charge in [0.25, 0.3) is 0 Å². The largest absolute Gasteiger partial charge is 0.467 e. The molecule has 2 aromatic carbocycles. The fraction of sp³-hybridized carbons (Fsp3) is 0.333. The molecule has 0 radical (unpaired) electrons. The Morgan fingerprint density at radius 3 is 2.36 bits per heavy atom. The van der Waals surface area contributed by atoms with Gasteiger partial charge in [0.1, 0.15) is 6.04 Å². The number of amides is 1. The van der Waals surface area contributed by atoms with Crippen LogP contribution in [0.15, 0.2) is 48.5 Å². The summed E-state index contributed by atoms with van der Waals surface area (Å²) >= 11 is 0. The van der Waals surface area contributed by atoms with Crippen LogP contribution in [0.25, 0.3) is 0 Å². The molecule has 0 aliphatic rings. The van der Waals surface area contributed by atoms with Gasteiger partial charge in [-0.15, -0.1) is 0 Å². The molecule has 1 amide bonds. The number of carbonyl (C=O) groups is 2. The fourth-order valence-corrected chi connectivity index (χ4v) is 3.02. The number of hydrogen-bond donors (Lipinski definition) is 0. The first-order valence-corrected chi connectivity index (χ1v) is 8.51. The van der Waals surface area contributed by atoms with Crippen molar-refractivity contribution in [1.82, 2.24) is 0 Å². The standard InChI is InChI=1S/C21H25NO3/c1-5-18-13-9-10-15(2)20(18)22(16(3)21(24)25-4)19(23)14-17-11-7-6-8-12-17/h6-13,16H,5,14H2,1-4H3. The van der Waals surface area contributed by atoms with Crippen LogP contribution in [0.1, 0.15) is 30.5 Å². The van der Waals surface area contributed by atoms with Crippen molar-refractivity contribution in [2.24, 2.45) is 0 Å². The number of hydrogen-bond acceptors (Lipinski definition) is 3.